The number of phenols is 1. The number of para-hydroxylation sites is 1. The molecule has 0 spiro atoms. The van der Waals surface area contributed by atoms with Crippen molar-refractivity contribution in [2.24, 2.45) is 0 Å². The molecular formula is C61H58N3OPt-. The van der Waals surface area contributed by atoms with E-state index in [0.29, 0.717) is 28.2 Å². The third-order valence-electron chi connectivity index (χ3n) is 12.4. The molecule has 0 saturated carbocycles. The second kappa shape index (κ2) is 17.8. The van der Waals surface area contributed by atoms with Gasteiger partial charge in [0, 0.05) is 48.3 Å². The minimum Gasteiger partial charge on any atom is -0.507 e. The Hall–Kier alpha value is -6.35. The molecule has 4 nitrogen and oxygen atoms in total. The van der Waals surface area contributed by atoms with Crippen LogP contribution in [0.2, 0.25) is 0 Å². The van der Waals surface area contributed by atoms with Crippen molar-refractivity contribution in [3.05, 3.63) is 192 Å². The zero-order chi connectivity index (χ0) is 48.3. The number of phenolic OH excluding ortho intramolecular Hbond substituents is 1. The van der Waals surface area contributed by atoms with Crippen molar-refractivity contribution in [2.75, 3.05) is 0 Å². The second-order valence-corrected chi connectivity index (χ2v) is 20.3. The number of aromatic hydroxyl groups is 1. The van der Waals surface area contributed by atoms with Gasteiger partial charge in [0.15, 0.2) is 0 Å². The third-order valence-corrected chi connectivity index (χ3v) is 12.4. The van der Waals surface area contributed by atoms with Gasteiger partial charge in [0.2, 0.25) is 0 Å². The minimum absolute atomic E-state index is 0. The molecule has 0 bridgehead atoms. The van der Waals surface area contributed by atoms with Gasteiger partial charge < -0.3 is 5.11 Å². The van der Waals surface area contributed by atoms with Crippen LogP contribution in [-0.2, 0) is 37.3 Å². The maximum atomic E-state index is 12.4. The largest absolute Gasteiger partial charge is 0.507 e. The van der Waals surface area contributed by atoms with Crippen LogP contribution >= 0.6 is 0 Å². The van der Waals surface area contributed by atoms with Gasteiger partial charge in [-0.15, -0.1) is 29.3 Å². The molecule has 0 aliphatic carbocycles. The molecule has 1 N–H and O–H groups in total. The number of fused-ring (bicyclic) bond motifs is 1. The van der Waals surface area contributed by atoms with E-state index in [0.717, 1.165) is 66.8 Å². The quantitative estimate of drug-likeness (QED) is 0.162. The molecule has 9 rings (SSSR count). The van der Waals surface area contributed by atoms with E-state index in [4.69, 9.17) is 14.1 Å². The van der Waals surface area contributed by atoms with Crippen LogP contribution in [0, 0.1) is 12.9 Å². The van der Waals surface area contributed by atoms with Gasteiger partial charge in [0.05, 0.1) is 16.6 Å². The van der Waals surface area contributed by atoms with Gasteiger partial charge in [0.25, 0.3) is 0 Å². The van der Waals surface area contributed by atoms with Crippen LogP contribution in [0.1, 0.15) is 88.7 Å². The molecule has 0 aliphatic rings. The molecule has 2 heterocycles. The van der Waals surface area contributed by atoms with Crippen LogP contribution < -0.4 is 0 Å². The fourth-order valence-electron chi connectivity index (χ4n) is 8.64. The molecule has 0 amide bonds. The Morgan fingerprint density at radius 2 is 1.14 bits per heavy atom. The Balaban J connectivity index is 0.00000642. The van der Waals surface area contributed by atoms with Crippen LogP contribution in [0.4, 0.5) is 0 Å². The van der Waals surface area contributed by atoms with E-state index in [1.165, 1.54) is 5.56 Å². The number of nitrogens with zero attached hydrogens (tertiary/aromatic N) is 3. The van der Waals surface area contributed by atoms with Gasteiger partial charge in [-0.05, 0) is 97.9 Å². The maximum absolute atomic E-state index is 12.4. The molecule has 66 heavy (non-hydrogen) atoms. The smallest absolute Gasteiger partial charge is 0.148 e. The number of aromatic nitrogens is 3. The van der Waals surface area contributed by atoms with E-state index in [-0.39, 0.29) is 43.2 Å². The Bertz CT molecular complexity index is 3320. The fourth-order valence-corrected chi connectivity index (χ4v) is 8.64. The van der Waals surface area contributed by atoms with Crippen LogP contribution in [0.3, 0.4) is 0 Å². The van der Waals surface area contributed by atoms with Crippen molar-refractivity contribution in [3.63, 3.8) is 0 Å². The Morgan fingerprint density at radius 1 is 0.530 bits per heavy atom. The molecule has 0 fully saturated rings. The number of aryl methyl sites for hydroxylation is 1. The van der Waals surface area contributed by atoms with Crippen molar-refractivity contribution in [1.29, 1.82) is 0 Å². The standard InChI is InChI=1S/C61H58N3O.Pt/c1-39-32-49(28-29-50(39)43-20-15-12-16-21-43)64-55-23-17-22-51(56(55)63-58(64)52-37-48(60(5,6)7)38-53(57(52)65)61(8,9)10)45-33-46(35-47(34-45)59(2,3)4)54-36-44(30-31-62-54)42-26-24-41(25-27-42)40-18-13-11-14-19-40;/h11-32,34-38,65H,1-10H3;/q-1;/i1D3;. The molecule has 334 valence electrons. The molecule has 2 aromatic heterocycles. The summed E-state index contributed by atoms with van der Waals surface area (Å²) in [6, 6.07) is 56.9. The number of imidazole rings is 1. The number of rotatable bonds is 7. The van der Waals surface area contributed by atoms with Crippen LogP contribution in [0.15, 0.2) is 164 Å². The summed E-state index contributed by atoms with van der Waals surface area (Å²) in [6.07, 6.45) is 1.86. The third kappa shape index (κ3) is 9.09. The summed E-state index contributed by atoms with van der Waals surface area (Å²) >= 11 is 0. The van der Waals surface area contributed by atoms with Crippen molar-refractivity contribution in [2.45, 2.75) is 85.4 Å². The van der Waals surface area contributed by atoms with Gasteiger partial charge in [-0.25, -0.2) is 4.98 Å². The molecule has 0 aliphatic heterocycles. The number of hydrogen-bond donors (Lipinski definition) is 1. The molecule has 0 saturated heterocycles. The monoisotopic (exact) mass is 1050 g/mol. The molecule has 5 heteroatoms. The zero-order valence-corrected chi connectivity index (χ0v) is 41.5. The predicted molar refractivity (Wildman–Crippen MR) is 273 cm³/mol. The van der Waals surface area contributed by atoms with Crippen LogP contribution in [0.25, 0.3) is 83.9 Å². The minimum atomic E-state index is -2.42. The molecule has 0 radical (unpaired) electrons. The van der Waals surface area contributed by atoms with E-state index in [9.17, 15) is 5.11 Å². The van der Waals surface area contributed by atoms with Crippen molar-refractivity contribution >= 4 is 11.0 Å². The van der Waals surface area contributed by atoms with E-state index < -0.39 is 12.3 Å². The van der Waals surface area contributed by atoms with Gasteiger partial charge in [-0.1, -0.05) is 189 Å². The zero-order valence-electron chi connectivity index (χ0n) is 42.2. The second-order valence-electron chi connectivity index (χ2n) is 20.3. The fraction of sp³-hybridized carbons (Fsp3) is 0.213. The first-order chi connectivity index (χ1) is 32.1. The van der Waals surface area contributed by atoms with E-state index in [1.807, 2.05) is 83.6 Å². The molecule has 9 aromatic rings. The summed E-state index contributed by atoms with van der Waals surface area (Å²) in [4.78, 5) is 10.4. The van der Waals surface area contributed by atoms with E-state index in [1.54, 1.807) is 6.07 Å². The normalized spacial score (nSPS) is 12.9. The molecule has 0 atom stereocenters. The molecule has 0 unspecified atom stereocenters. The molecule has 7 aromatic carbocycles. The Labute approximate surface area is 410 Å². The van der Waals surface area contributed by atoms with E-state index >= 15 is 0 Å². The summed E-state index contributed by atoms with van der Waals surface area (Å²) in [5, 5.41) is 12.4. The average molecular weight is 1050 g/mol. The first-order valence-corrected chi connectivity index (χ1v) is 22.5. The van der Waals surface area contributed by atoms with Crippen molar-refractivity contribution in [3.8, 4) is 78.6 Å². The summed E-state index contributed by atoms with van der Waals surface area (Å²) < 4.78 is 28.3. The van der Waals surface area contributed by atoms with Crippen molar-refractivity contribution in [1.82, 2.24) is 14.5 Å². The Kier molecular flexibility index (Phi) is 11.4. The number of hydrogen-bond acceptors (Lipinski definition) is 3. The van der Waals surface area contributed by atoms with E-state index in [2.05, 4.69) is 147 Å². The average Bonchev–Trinajstić information content (AvgIpc) is 3.70. The maximum Gasteiger partial charge on any atom is 0.148 e. The van der Waals surface area contributed by atoms with Gasteiger partial charge in [-0.3, -0.25) is 9.55 Å². The first kappa shape index (κ1) is 42.3. The Morgan fingerprint density at radius 3 is 1.77 bits per heavy atom. The topological polar surface area (TPSA) is 50.9 Å². The predicted octanol–water partition coefficient (Wildman–Crippen LogP) is 16.1. The van der Waals surface area contributed by atoms with Crippen LogP contribution in [-0.4, -0.2) is 19.6 Å². The first-order valence-electron chi connectivity index (χ1n) is 24.0. The summed E-state index contributed by atoms with van der Waals surface area (Å²) in [5.41, 5.74) is 14.2. The van der Waals surface area contributed by atoms with Crippen molar-refractivity contribution < 1.29 is 30.3 Å². The van der Waals surface area contributed by atoms with Gasteiger partial charge in [-0.2, -0.15) is 0 Å². The summed E-state index contributed by atoms with van der Waals surface area (Å²) in [5.74, 6) is 0.648. The summed E-state index contributed by atoms with van der Waals surface area (Å²) in [6.45, 7) is 17.0. The van der Waals surface area contributed by atoms with Gasteiger partial charge >= 0.3 is 0 Å². The number of benzene rings is 7. The summed E-state index contributed by atoms with van der Waals surface area (Å²) in [7, 11) is 0. The SMILES string of the molecule is [2H]C([2H])([2H])c1cc(-n2c(-c3cc(C(C)(C)C)cc(C(C)(C)C)c3O)nc3c(-c4[c-]c(-c5cc(-c6ccc(-c7ccccc7)cc6)ccn5)cc(C(C)(C)C)c4)cccc32)ccc1-c1ccccc1.[Pt]. The van der Waals surface area contributed by atoms with Crippen LogP contribution in [0.5, 0.6) is 5.75 Å². The van der Waals surface area contributed by atoms with Gasteiger partial charge in [0.1, 0.15) is 11.6 Å². The molecular weight excluding hydrogens is 986 g/mol. The number of pyridine rings is 1.